The van der Waals surface area contributed by atoms with Gasteiger partial charge in [-0.2, -0.15) is 0 Å². The molecule has 2 aliphatic heterocycles. The third-order valence-corrected chi connectivity index (χ3v) is 15.8. The summed E-state index contributed by atoms with van der Waals surface area (Å²) in [6, 6.07) is 50.0. The second-order valence-electron chi connectivity index (χ2n) is 12.6. The second kappa shape index (κ2) is 28.2. The number of pyridine rings is 1. The van der Waals surface area contributed by atoms with Crippen LogP contribution in [0.25, 0.3) is 6.08 Å². The van der Waals surface area contributed by atoms with Gasteiger partial charge in [-0.1, -0.05) is 156 Å². The Hall–Kier alpha value is -4.61. The Morgan fingerprint density at radius 1 is 0.540 bits per heavy atom. The zero-order chi connectivity index (χ0) is 43.8. The Labute approximate surface area is 396 Å². The van der Waals surface area contributed by atoms with Gasteiger partial charge in [-0.15, -0.1) is 11.5 Å². The van der Waals surface area contributed by atoms with Gasteiger partial charge in [0.25, 0.3) is 0 Å². The van der Waals surface area contributed by atoms with E-state index in [4.69, 9.17) is 0 Å². The minimum atomic E-state index is -6.00. The molecule has 0 N–H and O–H groups in total. The molecule has 0 fully saturated rings. The molecule has 0 aliphatic carbocycles. The zero-order valence-electron chi connectivity index (χ0n) is 33.3. The van der Waals surface area contributed by atoms with E-state index >= 15 is 0 Å². The topological polar surface area (TPSA) is 83.7 Å². The van der Waals surface area contributed by atoms with Crippen LogP contribution in [0.2, 0.25) is 0 Å². The first-order chi connectivity index (χ1) is 30.1. The van der Waals surface area contributed by atoms with Gasteiger partial charge in [-0.05, 0) is 87.5 Å². The van der Waals surface area contributed by atoms with Crippen LogP contribution < -0.4 is 26.1 Å². The van der Waals surface area contributed by atoms with E-state index in [-0.39, 0.29) is 31.0 Å². The third kappa shape index (κ3) is 19.3. The predicted octanol–water partition coefficient (Wildman–Crippen LogP) is 11.3. The quantitative estimate of drug-likeness (QED) is 0.0444. The van der Waals surface area contributed by atoms with Crippen molar-refractivity contribution in [1.82, 2.24) is 4.98 Å². The maximum absolute atomic E-state index is 11.4. The molecular weight excluding hydrogens is 986 g/mol. The Kier molecular flexibility index (Phi) is 22.9. The summed E-state index contributed by atoms with van der Waals surface area (Å²) in [4.78, 5) is 13.6. The number of para-hydroxylation sites is 2. The predicted molar refractivity (Wildman–Crippen MR) is 261 cm³/mol. The van der Waals surface area contributed by atoms with E-state index in [0.717, 1.165) is 0 Å². The molecule has 0 saturated heterocycles. The average Bonchev–Trinajstić information content (AvgIpc) is 4.01. The fourth-order valence-electron chi connectivity index (χ4n) is 5.32. The van der Waals surface area contributed by atoms with Gasteiger partial charge in [-0.3, -0.25) is 15.0 Å². The molecule has 5 nitrogen and oxygen atoms in total. The van der Waals surface area contributed by atoms with Crippen LogP contribution in [-0.2, 0) is 19.5 Å². The monoisotopic (exact) mass is 1030 g/mol. The van der Waals surface area contributed by atoms with Gasteiger partial charge in [0.1, 0.15) is 15.9 Å². The van der Waals surface area contributed by atoms with Gasteiger partial charge in [0.05, 0.1) is 29.5 Å². The number of hydrogen-bond acceptors (Lipinski definition) is 9. The van der Waals surface area contributed by atoms with E-state index in [0.29, 0.717) is 24.2 Å². The van der Waals surface area contributed by atoms with Crippen LogP contribution in [0.3, 0.4) is 0 Å². The molecule has 2 aliphatic rings. The number of hydrogen-bond donors (Lipinski definition) is 0. The molecule has 6 aromatic rings. The number of halogens is 4. The van der Waals surface area contributed by atoms with E-state index < -0.39 is 15.2 Å². The van der Waals surface area contributed by atoms with E-state index in [2.05, 4.69) is 134 Å². The molecule has 3 heterocycles. The summed E-state index contributed by atoms with van der Waals surface area (Å²) in [7, 11) is -6.88. The molecule has 1 radical (unpaired) electrons. The summed E-state index contributed by atoms with van der Waals surface area (Å²) >= 11 is 7.29. The molecule has 8 rings (SSSR count). The molecule has 0 atom stereocenters. The van der Waals surface area contributed by atoms with Crippen molar-refractivity contribution >= 4 is 96.6 Å². The maximum atomic E-state index is 11.4. The van der Waals surface area contributed by atoms with Crippen molar-refractivity contribution < 1.29 is 47.0 Å². The van der Waals surface area contributed by atoms with Crippen LogP contribution in [0.5, 0.6) is 11.5 Å². The first-order valence-corrected chi connectivity index (χ1v) is 23.9. The third-order valence-electron chi connectivity index (χ3n) is 8.06. The van der Waals surface area contributed by atoms with Gasteiger partial charge in [0, 0.05) is 29.7 Å². The van der Waals surface area contributed by atoms with E-state index in [1.807, 2.05) is 71.6 Å². The molecule has 0 amide bonds. The average molecular weight is 1020 g/mol. The standard InChI is InChI=1S/C18H15P.C16H16N2O2.C13H9NS4.BF4.Ru/c1-4-10-16(11-5-1)19(17-12-6-2-7-13-17)18-14-8-3-9-15-18;19-15-7-3-1-5-13(15)11-17-9-10-18-12-14-6-2-4-8-16(14)20;1(10-3-5-14-6-4-10)2-11-9-17-13(18-11)12-15-7-8-16-12;2-1(3,4)5;/h1-15H;1-8,11-12,19-20H,9-10H2;1-9H;;/q;;;-1;+3/p-1/b;;2-1+;;. The number of thioether (sulfide) groups is 4. The van der Waals surface area contributed by atoms with Gasteiger partial charge < -0.3 is 27.5 Å². The zero-order valence-corrected chi connectivity index (χ0v) is 39.3. The molecule has 63 heavy (non-hydrogen) atoms. The van der Waals surface area contributed by atoms with Crippen LogP contribution in [-0.4, -0.2) is 37.8 Å². The van der Waals surface area contributed by atoms with Crippen LogP contribution in [0, 0.1) is 0 Å². The smallest absolute Gasteiger partial charge is 0.872 e. The normalized spacial score (nSPS) is 13.2. The van der Waals surface area contributed by atoms with Crippen LogP contribution >= 0.6 is 55.0 Å². The summed E-state index contributed by atoms with van der Waals surface area (Å²) in [5, 5.41) is 33.6. The van der Waals surface area contributed by atoms with E-state index in [1.165, 1.54) is 47.0 Å². The summed E-state index contributed by atoms with van der Waals surface area (Å²) in [5.41, 5.74) is 2.33. The fraction of sp³-hybridized carbons (Fsp3) is 0.0426. The summed E-state index contributed by atoms with van der Waals surface area (Å²) in [6.07, 6.45) is 11.0. The minimum absolute atomic E-state index is 0. The molecule has 0 bridgehead atoms. The molecule has 321 valence electrons. The van der Waals surface area contributed by atoms with Gasteiger partial charge in [0.15, 0.2) is 0 Å². The number of aromatic nitrogens is 1. The van der Waals surface area contributed by atoms with Gasteiger partial charge in [-0.25, -0.2) is 0 Å². The van der Waals surface area contributed by atoms with Crippen LogP contribution in [0.1, 0.15) is 16.7 Å². The van der Waals surface area contributed by atoms with Crippen molar-refractivity contribution in [1.29, 1.82) is 0 Å². The number of rotatable bonds is 10. The fourth-order valence-corrected chi connectivity index (χ4v) is 12.2. The first kappa shape index (κ1) is 51.0. The Balaban J connectivity index is 0.000000195. The van der Waals surface area contributed by atoms with E-state index in [9.17, 15) is 27.5 Å². The van der Waals surface area contributed by atoms with Gasteiger partial charge >= 0.3 is 26.7 Å². The number of nitrogens with zero attached hydrogens (tertiary/aromatic N) is 3. The van der Waals surface area contributed by atoms with Crippen LogP contribution in [0.4, 0.5) is 17.3 Å². The number of benzene rings is 5. The van der Waals surface area contributed by atoms with E-state index in [1.54, 1.807) is 48.8 Å². The van der Waals surface area contributed by atoms with Crippen molar-refractivity contribution in [2.45, 2.75) is 0 Å². The molecule has 0 unspecified atom stereocenters. The van der Waals surface area contributed by atoms with Gasteiger partial charge in [0.2, 0.25) is 0 Å². The minimum Gasteiger partial charge on any atom is -0.872 e. The van der Waals surface area contributed by atoms with Crippen molar-refractivity contribution in [3.8, 4) is 11.5 Å². The van der Waals surface area contributed by atoms with Crippen molar-refractivity contribution in [2.75, 3.05) is 13.1 Å². The van der Waals surface area contributed by atoms with Crippen molar-refractivity contribution in [3.63, 3.8) is 0 Å². The molecule has 0 spiro atoms. The first-order valence-electron chi connectivity index (χ1n) is 18.9. The number of allylic oxidation sites excluding steroid dienone is 1. The summed E-state index contributed by atoms with van der Waals surface area (Å²) in [5.74, 6) is -0.0833. The summed E-state index contributed by atoms with van der Waals surface area (Å²) < 4.78 is 41.8. The Bertz CT molecular complexity index is 2300. The SMILES string of the molecule is C1=CSC(=C2SC=C(/C=C/c3ccncc3)S2)S1.F[B-](F)(F)F.[O-]c1ccccc1C=NCCN=Cc1ccccc1[O-].[Ru+3].c1ccc([PH+](c2ccccc2)c2ccccc2)cc1. The second-order valence-corrected chi connectivity index (χ2v) is 19.3. The van der Waals surface area contributed by atoms with Crippen LogP contribution in [0.15, 0.2) is 210 Å². The molecule has 1 aromatic heterocycles. The molecule has 16 heteroatoms. The molecular formula is C47H39BF4N3O2PRuS4+. The summed E-state index contributed by atoms with van der Waals surface area (Å²) in [6.45, 7) is 0.956. The Morgan fingerprint density at radius 2 is 0.952 bits per heavy atom. The van der Waals surface area contributed by atoms with Crippen molar-refractivity contribution in [3.05, 3.63) is 216 Å². The largest absolute Gasteiger partial charge is 3.00 e. The number of aliphatic imine (C=N–C) groups is 2. The van der Waals surface area contributed by atoms with Crippen molar-refractivity contribution in [2.24, 2.45) is 9.98 Å². The molecule has 0 saturated carbocycles. The maximum Gasteiger partial charge on any atom is 3.00 e. The molecule has 5 aromatic carbocycles. The Morgan fingerprint density at radius 3 is 1.38 bits per heavy atom.